The Kier molecular flexibility index (Phi) is 3.32. The molecule has 1 saturated heterocycles. The fourth-order valence-corrected chi connectivity index (χ4v) is 2.83. The minimum atomic E-state index is -0.649. The number of ether oxygens (including phenoxy) is 2. The van der Waals surface area contributed by atoms with E-state index in [1.54, 1.807) is 0 Å². The molecule has 2 aliphatic rings. The van der Waals surface area contributed by atoms with Gasteiger partial charge in [-0.15, -0.1) is 0 Å². The lowest BCUT2D eigenvalue weighted by atomic mass is 9.82. The number of carbonyl (C=O) groups is 1. The third kappa shape index (κ3) is 2.83. The van der Waals surface area contributed by atoms with Gasteiger partial charge in [0.25, 0.3) is 0 Å². The number of benzene rings is 1. The summed E-state index contributed by atoms with van der Waals surface area (Å²) in [7, 11) is 0. The third-order valence-electron chi connectivity index (χ3n) is 4.06. The van der Waals surface area contributed by atoms with E-state index in [1.807, 2.05) is 39.0 Å². The number of fused-ring (bicyclic) bond motifs is 1. The number of amides is 1. The molecule has 2 N–H and O–H groups in total. The molecule has 0 aromatic heterocycles. The van der Waals surface area contributed by atoms with Crippen LogP contribution >= 0.6 is 0 Å². The summed E-state index contributed by atoms with van der Waals surface area (Å²) in [5.74, 6) is 0.783. The van der Waals surface area contributed by atoms with Crippen LogP contribution in [0.3, 0.4) is 0 Å². The summed E-state index contributed by atoms with van der Waals surface area (Å²) in [5, 5.41) is 6.28. The lowest BCUT2D eigenvalue weighted by molar-refractivity contribution is -0.125. The number of rotatable bonds is 2. The molecule has 114 valence electrons. The van der Waals surface area contributed by atoms with Crippen LogP contribution in [-0.4, -0.2) is 24.8 Å². The molecule has 5 heteroatoms. The number of piperidine rings is 1. The van der Waals surface area contributed by atoms with Crippen molar-refractivity contribution in [3.05, 3.63) is 18.2 Å². The van der Waals surface area contributed by atoms with Gasteiger partial charge in [-0.3, -0.25) is 4.79 Å². The van der Waals surface area contributed by atoms with Crippen molar-refractivity contribution in [3.63, 3.8) is 0 Å². The largest absolute Gasteiger partial charge is 0.449 e. The van der Waals surface area contributed by atoms with Gasteiger partial charge in [-0.2, -0.15) is 0 Å². The topological polar surface area (TPSA) is 59.6 Å². The molecular weight excluding hydrogens is 268 g/mol. The summed E-state index contributed by atoms with van der Waals surface area (Å²) in [4.78, 5) is 12.5. The molecular formula is C16H22N2O3. The van der Waals surface area contributed by atoms with Crippen LogP contribution in [0.2, 0.25) is 0 Å². The molecule has 3 rings (SSSR count). The maximum Gasteiger partial charge on any atom is 0.246 e. The van der Waals surface area contributed by atoms with Gasteiger partial charge in [-0.25, -0.2) is 0 Å². The highest BCUT2D eigenvalue weighted by Crippen LogP contribution is 2.41. The first-order valence-corrected chi connectivity index (χ1v) is 7.42. The van der Waals surface area contributed by atoms with E-state index in [2.05, 4.69) is 10.6 Å². The van der Waals surface area contributed by atoms with Crippen molar-refractivity contribution < 1.29 is 14.3 Å². The quantitative estimate of drug-likeness (QED) is 0.878. The molecule has 1 fully saturated rings. The van der Waals surface area contributed by atoms with Gasteiger partial charge in [0, 0.05) is 32.1 Å². The summed E-state index contributed by atoms with van der Waals surface area (Å²) in [6, 6.07) is 5.50. The number of hydrogen-bond acceptors (Lipinski definition) is 4. The summed E-state index contributed by atoms with van der Waals surface area (Å²) >= 11 is 0. The van der Waals surface area contributed by atoms with Gasteiger partial charge in [0.2, 0.25) is 11.7 Å². The van der Waals surface area contributed by atoms with Crippen LogP contribution in [0.4, 0.5) is 5.69 Å². The van der Waals surface area contributed by atoms with Gasteiger partial charge in [-0.05, 0) is 38.4 Å². The van der Waals surface area contributed by atoms with E-state index in [9.17, 15) is 4.79 Å². The number of hydrogen-bond donors (Lipinski definition) is 2. The number of nitrogens with one attached hydrogen (secondary N) is 2. The first-order valence-electron chi connectivity index (χ1n) is 7.42. The number of anilines is 1. The van der Waals surface area contributed by atoms with Crippen LogP contribution in [-0.2, 0) is 4.79 Å². The van der Waals surface area contributed by atoms with Crippen molar-refractivity contribution in [3.8, 4) is 11.5 Å². The van der Waals surface area contributed by atoms with Crippen molar-refractivity contribution in [1.29, 1.82) is 0 Å². The van der Waals surface area contributed by atoms with E-state index >= 15 is 0 Å². The smallest absolute Gasteiger partial charge is 0.246 e. The fourth-order valence-electron chi connectivity index (χ4n) is 2.83. The first-order chi connectivity index (χ1) is 9.88. The molecule has 2 heterocycles. The molecule has 0 aliphatic carbocycles. The molecule has 0 saturated carbocycles. The van der Waals surface area contributed by atoms with Gasteiger partial charge >= 0.3 is 0 Å². The standard InChI is InChI=1S/C16H22N2O3/c1-15(2)20-12-6-5-11(9-13(12)21-15)18-14(19)16(3)7-4-8-17-10-16/h5-6,9,17H,4,7-8,10H2,1-3H3,(H,18,19). The zero-order chi connectivity index (χ0) is 15.1. The molecule has 1 amide bonds. The van der Waals surface area contributed by atoms with Crippen molar-refractivity contribution in [2.45, 2.75) is 39.4 Å². The summed E-state index contributed by atoms with van der Waals surface area (Å²) in [5.41, 5.74) is 0.389. The molecule has 1 aromatic carbocycles. The van der Waals surface area contributed by atoms with E-state index in [0.29, 0.717) is 11.5 Å². The summed E-state index contributed by atoms with van der Waals surface area (Å²) in [6.07, 6.45) is 1.93. The normalized spacial score (nSPS) is 26.4. The van der Waals surface area contributed by atoms with Crippen LogP contribution < -0.4 is 20.1 Å². The first kappa shape index (κ1) is 14.2. The third-order valence-corrected chi connectivity index (χ3v) is 4.06. The molecule has 2 aliphatic heterocycles. The average Bonchev–Trinajstić information content (AvgIpc) is 2.72. The highest BCUT2D eigenvalue weighted by molar-refractivity contribution is 5.95. The van der Waals surface area contributed by atoms with Gasteiger partial charge in [-0.1, -0.05) is 0 Å². The van der Waals surface area contributed by atoms with Gasteiger partial charge < -0.3 is 20.1 Å². The van der Waals surface area contributed by atoms with Crippen LogP contribution in [0.5, 0.6) is 11.5 Å². The minimum absolute atomic E-state index is 0.0489. The molecule has 0 radical (unpaired) electrons. The summed E-state index contributed by atoms with van der Waals surface area (Å²) in [6.45, 7) is 7.43. The van der Waals surface area contributed by atoms with Gasteiger partial charge in [0.15, 0.2) is 11.5 Å². The van der Waals surface area contributed by atoms with Crippen LogP contribution in [0.15, 0.2) is 18.2 Å². The number of carbonyl (C=O) groups excluding carboxylic acids is 1. The highest BCUT2D eigenvalue weighted by atomic mass is 16.7. The Morgan fingerprint density at radius 1 is 1.24 bits per heavy atom. The second kappa shape index (κ2) is 4.91. The maximum absolute atomic E-state index is 12.5. The van der Waals surface area contributed by atoms with Gasteiger partial charge in [0.05, 0.1) is 5.41 Å². The Labute approximate surface area is 125 Å². The van der Waals surface area contributed by atoms with Crippen molar-refractivity contribution >= 4 is 11.6 Å². The molecule has 0 bridgehead atoms. The fraction of sp³-hybridized carbons (Fsp3) is 0.562. The van der Waals surface area contributed by atoms with E-state index in [0.717, 1.165) is 31.6 Å². The monoisotopic (exact) mass is 290 g/mol. The molecule has 1 unspecified atom stereocenters. The van der Waals surface area contributed by atoms with Crippen molar-refractivity contribution in [2.75, 3.05) is 18.4 Å². The summed E-state index contributed by atoms with van der Waals surface area (Å²) < 4.78 is 11.3. The van der Waals surface area contributed by atoms with Crippen molar-refractivity contribution in [2.24, 2.45) is 5.41 Å². The van der Waals surface area contributed by atoms with Crippen LogP contribution in [0.25, 0.3) is 0 Å². The Morgan fingerprint density at radius 2 is 2.00 bits per heavy atom. The Morgan fingerprint density at radius 3 is 2.71 bits per heavy atom. The van der Waals surface area contributed by atoms with Crippen molar-refractivity contribution in [1.82, 2.24) is 5.32 Å². The zero-order valence-corrected chi connectivity index (χ0v) is 12.8. The molecule has 1 atom stereocenters. The predicted octanol–water partition coefficient (Wildman–Crippen LogP) is 2.52. The molecule has 0 spiro atoms. The predicted molar refractivity (Wildman–Crippen MR) is 80.6 cm³/mol. The highest BCUT2D eigenvalue weighted by Gasteiger charge is 2.35. The minimum Gasteiger partial charge on any atom is -0.449 e. The molecule has 5 nitrogen and oxygen atoms in total. The lowest BCUT2D eigenvalue weighted by Gasteiger charge is -2.32. The van der Waals surface area contributed by atoms with Crippen LogP contribution in [0, 0.1) is 5.41 Å². The second-order valence-electron chi connectivity index (χ2n) is 6.56. The van der Waals surface area contributed by atoms with Gasteiger partial charge in [0.1, 0.15) is 0 Å². The second-order valence-corrected chi connectivity index (χ2v) is 6.56. The van der Waals surface area contributed by atoms with E-state index in [1.165, 1.54) is 0 Å². The Balaban J connectivity index is 1.73. The maximum atomic E-state index is 12.5. The van der Waals surface area contributed by atoms with E-state index in [4.69, 9.17) is 9.47 Å². The average molecular weight is 290 g/mol. The zero-order valence-electron chi connectivity index (χ0n) is 12.8. The van der Waals surface area contributed by atoms with E-state index < -0.39 is 5.79 Å². The van der Waals surface area contributed by atoms with E-state index in [-0.39, 0.29) is 11.3 Å². The Hall–Kier alpha value is -1.75. The van der Waals surface area contributed by atoms with Crippen LogP contribution in [0.1, 0.15) is 33.6 Å². The lowest BCUT2D eigenvalue weighted by Crippen LogP contribution is -2.46. The molecule has 21 heavy (non-hydrogen) atoms. The SMILES string of the molecule is CC1(C)Oc2ccc(NC(=O)C3(C)CCCNC3)cc2O1. The molecule has 1 aromatic rings. The Bertz CT molecular complexity index is 563.